The van der Waals surface area contributed by atoms with Crippen molar-refractivity contribution >= 4 is 21.4 Å². The maximum atomic E-state index is 12.2. The lowest BCUT2D eigenvalue weighted by Crippen LogP contribution is -2.22. The molecule has 2 N–H and O–H groups in total. The molecule has 0 unspecified atom stereocenters. The molecule has 0 aromatic heterocycles. The molecule has 0 bridgehead atoms. The number of carbonyl (C=O) groups excluding carboxylic acids is 1. The van der Waals surface area contributed by atoms with Crippen LogP contribution in [0.25, 0.3) is 0 Å². The van der Waals surface area contributed by atoms with Crippen LogP contribution in [0.3, 0.4) is 0 Å². The van der Waals surface area contributed by atoms with Crippen LogP contribution in [0.15, 0.2) is 23.1 Å². The second kappa shape index (κ2) is 6.60. The zero-order chi connectivity index (χ0) is 15.3. The molecule has 0 aliphatic rings. The number of nitrogen functional groups attached to an aromatic ring is 1. The lowest BCUT2D eigenvalue weighted by Gasteiger charge is -2.11. The van der Waals surface area contributed by atoms with Gasteiger partial charge in [-0.3, -0.25) is 4.79 Å². The van der Waals surface area contributed by atoms with Crippen LogP contribution in [-0.2, 0) is 14.6 Å². The number of hydrogen-bond acceptors (Lipinski definition) is 5. The molecule has 0 heterocycles. The van der Waals surface area contributed by atoms with E-state index in [1.807, 2.05) is 0 Å². The van der Waals surface area contributed by atoms with Crippen molar-refractivity contribution in [2.45, 2.75) is 17.7 Å². The summed E-state index contributed by atoms with van der Waals surface area (Å²) in [4.78, 5) is 12.9. The minimum Gasteiger partial charge on any atom is -0.497 e. The van der Waals surface area contributed by atoms with Gasteiger partial charge in [-0.2, -0.15) is 0 Å². The fraction of sp³-hybridized carbons (Fsp3) is 0.462. The van der Waals surface area contributed by atoms with Crippen LogP contribution in [0.4, 0.5) is 5.69 Å². The van der Waals surface area contributed by atoms with Crippen molar-refractivity contribution in [1.82, 2.24) is 4.90 Å². The number of sulfone groups is 1. The summed E-state index contributed by atoms with van der Waals surface area (Å²) in [5, 5.41) is 0. The summed E-state index contributed by atoms with van der Waals surface area (Å²) < 4.78 is 29.4. The van der Waals surface area contributed by atoms with Gasteiger partial charge in [-0.05, 0) is 18.6 Å². The van der Waals surface area contributed by atoms with Gasteiger partial charge in [-0.1, -0.05) is 0 Å². The summed E-state index contributed by atoms with van der Waals surface area (Å²) in [5.74, 6) is 0.213. The van der Waals surface area contributed by atoms with Crippen molar-refractivity contribution < 1.29 is 17.9 Å². The number of carbonyl (C=O) groups is 1. The molecule has 0 aliphatic carbocycles. The van der Waals surface area contributed by atoms with E-state index in [1.54, 1.807) is 20.2 Å². The van der Waals surface area contributed by atoms with Gasteiger partial charge in [0.2, 0.25) is 5.91 Å². The van der Waals surface area contributed by atoms with Crippen molar-refractivity contribution in [1.29, 1.82) is 0 Å². The van der Waals surface area contributed by atoms with Gasteiger partial charge in [0.15, 0.2) is 9.84 Å². The van der Waals surface area contributed by atoms with E-state index in [4.69, 9.17) is 10.5 Å². The molecule has 0 atom stereocenters. The minimum atomic E-state index is -3.52. The molecule has 1 aromatic rings. The first-order valence-corrected chi connectivity index (χ1v) is 7.79. The number of benzene rings is 1. The SMILES string of the molecule is COc1ccc(N)c(S(=O)(=O)CCCC(=O)N(C)C)c1. The molecule has 0 saturated heterocycles. The molecular formula is C13H20N2O4S. The molecule has 0 saturated carbocycles. The highest BCUT2D eigenvalue weighted by Crippen LogP contribution is 2.25. The van der Waals surface area contributed by atoms with Crippen molar-refractivity contribution in [3.05, 3.63) is 18.2 Å². The molecule has 7 heteroatoms. The first-order chi connectivity index (χ1) is 9.27. The van der Waals surface area contributed by atoms with E-state index in [0.717, 1.165) is 0 Å². The molecular weight excluding hydrogens is 280 g/mol. The normalized spacial score (nSPS) is 11.2. The van der Waals surface area contributed by atoms with Crippen LogP contribution in [0.2, 0.25) is 0 Å². The second-order valence-electron chi connectivity index (χ2n) is 4.61. The Morgan fingerprint density at radius 1 is 1.35 bits per heavy atom. The monoisotopic (exact) mass is 300 g/mol. The van der Waals surface area contributed by atoms with E-state index >= 15 is 0 Å². The fourth-order valence-corrected chi connectivity index (χ4v) is 3.13. The summed E-state index contributed by atoms with van der Waals surface area (Å²) in [6.07, 6.45) is 0.450. The van der Waals surface area contributed by atoms with Crippen LogP contribution in [0, 0.1) is 0 Å². The third-order valence-corrected chi connectivity index (χ3v) is 4.71. The molecule has 6 nitrogen and oxygen atoms in total. The Morgan fingerprint density at radius 3 is 2.55 bits per heavy atom. The Hall–Kier alpha value is -1.76. The Morgan fingerprint density at radius 2 is 2.00 bits per heavy atom. The minimum absolute atomic E-state index is 0.0501. The van der Waals surface area contributed by atoms with Crippen LogP contribution in [-0.4, -0.2) is 46.2 Å². The van der Waals surface area contributed by atoms with Crippen LogP contribution < -0.4 is 10.5 Å². The Balaban J connectivity index is 2.81. The van der Waals surface area contributed by atoms with Gasteiger partial charge in [0, 0.05) is 26.6 Å². The Kier molecular flexibility index (Phi) is 5.38. The Bertz CT molecular complexity index is 582. The van der Waals surface area contributed by atoms with Gasteiger partial charge in [0.05, 0.1) is 23.4 Å². The highest BCUT2D eigenvalue weighted by molar-refractivity contribution is 7.91. The summed E-state index contributed by atoms with van der Waals surface area (Å²) in [6.45, 7) is 0. The largest absolute Gasteiger partial charge is 0.497 e. The maximum Gasteiger partial charge on any atom is 0.222 e. The number of hydrogen-bond donors (Lipinski definition) is 1. The van der Waals surface area contributed by atoms with Gasteiger partial charge >= 0.3 is 0 Å². The van der Waals surface area contributed by atoms with Crippen LogP contribution >= 0.6 is 0 Å². The number of nitrogens with two attached hydrogens (primary N) is 1. The summed E-state index contributed by atoms with van der Waals surface area (Å²) in [7, 11) is 1.21. The van der Waals surface area contributed by atoms with Gasteiger partial charge in [0.1, 0.15) is 5.75 Å². The molecule has 0 radical (unpaired) electrons. The van der Waals surface area contributed by atoms with Crippen molar-refractivity contribution in [2.24, 2.45) is 0 Å². The summed E-state index contributed by atoms with van der Waals surface area (Å²) >= 11 is 0. The van der Waals surface area contributed by atoms with Crippen molar-refractivity contribution in [3.8, 4) is 5.75 Å². The highest BCUT2D eigenvalue weighted by Gasteiger charge is 2.19. The quantitative estimate of drug-likeness (QED) is 0.789. The second-order valence-corrected chi connectivity index (χ2v) is 6.69. The molecule has 0 spiro atoms. The standard InChI is InChI=1S/C13H20N2O4S/c1-15(2)13(16)5-4-8-20(17,18)12-9-10(19-3)6-7-11(12)14/h6-7,9H,4-5,8,14H2,1-3H3. The van der Waals surface area contributed by atoms with Crippen LogP contribution in [0.5, 0.6) is 5.75 Å². The first-order valence-electron chi connectivity index (χ1n) is 6.14. The van der Waals surface area contributed by atoms with E-state index in [9.17, 15) is 13.2 Å². The Labute approximate surface area is 119 Å². The highest BCUT2D eigenvalue weighted by atomic mass is 32.2. The molecule has 0 aliphatic heterocycles. The molecule has 0 fully saturated rings. The van der Waals surface area contributed by atoms with Crippen LogP contribution in [0.1, 0.15) is 12.8 Å². The zero-order valence-electron chi connectivity index (χ0n) is 11.9. The van der Waals surface area contributed by atoms with E-state index in [2.05, 4.69) is 0 Å². The van der Waals surface area contributed by atoms with Gasteiger partial charge in [-0.25, -0.2) is 8.42 Å². The number of anilines is 1. The number of methoxy groups -OCH3 is 1. The predicted molar refractivity (Wildman–Crippen MR) is 77.4 cm³/mol. The van der Waals surface area contributed by atoms with Crippen molar-refractivity contribution in [2.75, 3.05) is 32.7 Å². The van der Waals surface area contributed by atoms with E-state index in [-0.39, 0.29) is 35.1 Å². The number of nitrogens with zero attached hydrogens (tertiary/aromatic N) is 1. The smallest absolute Gasteiger partial charge is 0.222 e. The molecule has 112 valence electrons. The van der Waals surface area contributed by atoms with Gasteiger partial charge in [0.25, 0.3) is 0 Å². The van der Waals surface area contributed by atoms with Crippen molar-refractivity contribution in [3.63, 3.8) is 0 Å². The summed E-state index contributed by atoms with van der Waals surface area (Å²) in [6, 6.07) is 4.50. The van der Waals surface area contributed by atoms with E-state index in [0.29, 0.717) is 5.75 Å². The topological polar surface area (TPSA) is 89.7 Å². The number of ether oxygens (including phenoxy) is 1. The average molecular weight is 300 g/mol. The fourth-order valence-electron chi connectivity index (χ4n) is 1.66. The van der Waals surface area contributed by atoms with E-state index < -0.39 is 9.84 Å². The maximum absolute atomic E-state index is 12.2. The first kappa shape index (κ1) is 16.3. The van der Waals surface area contributed by atoms with Gasteiger partial charge in [-0.15, -0.1) is 0 Å². The molecule has 1 rings (SSSR count). The third kappa shape index (κ3) is 4.12. The number of rotatable bonds is 6. The number of amides is 1. The summed E-state index contributed by atoms with van der Waals surface area (Å²) in [5.41, 5.74) is 5.89. The molecule has 20 heavy (non-hydrogen) atoms. The zero-order valence-corrected chi connectivity index (χ0v) is 12.7. The predicted octanol–water partition coefficient (Wildman–Crippen LogP) is 0.919. The average Bonchev–Trinajstić information content (AvgIpc) is 2.38. The lowest BCUT2D eigenvalue weighted by molar-refractivity contribution is -0.128. The third-order valence-electron chi connectivity index (χ3n) is 2.86. The van der Waals surface area contributed by atoms with E-state index in [1.165, 1.54) is 24.1 Å². The molecule has 1 amide bonds. The molecule has 1 aromatic carbocycles. The van der Waals surface area contributed by atoms with Gasteiger partial charge < -0.3 is 15.4 Å². The lowest BCUT2D eigenvalue weighted by atomic mass is 10.3.